The van der Waals surface area contributed by atoms with E-state index in [2.05, 4.69) is 47.9 Å². The maximum Gasteiger partial charge on any atom is 0.169 e. The van der Waals surface area contributed by atoms with Crippen LogP contribution in [0.15, 0.2) is 82.8 Å². The second-order valence-corrected chi connectivity index (χ2v) is 18.4. The molecular formula is C50H55N3O6. The lowest BCUT2D eigenvalue weighted by molar-refractivity contribution is -0.187. The molecule has 7 N–H and O–H groups in total. The van der Waals surface area contributed by atoms with Gasteiger partial charge in [0.15, 0.2) is 23.0 Å². The fourth-order valence-electron chi connectivity index (χ4n) is 13.8. The molecule has 0 saturated heterocycles. The van der Waals surface area contributed by atoms with E-state index in [1.807, 2.05) is 0 Å². The first-order valence-corrected chi connectivity index (χ1v) is 21.8. The van der Waals surface area contributed by atoms with Crippen molar-refractivity contribution in [1.29, 1.82) is 0 Å². The van der Waals surface area contributed by atoms with Crippen LogP contribution in [0.3, 0.4) is 0 Å². The highest BCUT2D eigenvalue weighted by molar-refractivity contribution is 6.34. The number of nitrogens with one attached hydrogen (secondary N) is 1. The second kappa shape index (κ2) is 14.6. The Kier molecular flexibility index (Phi) is 9.40. The number of fused-ring (bicyclic) bond motifs is 2. The molecule has 0 amide bonds. The highest BCUT2D eigenvalue weighted by Gasteiger charge is 2.75. The van der Waals surface area contributed by atoms with Gasteiger partial charge in [-0.3, -0.25) is 9.98 Å². The molecule has 4 aromatic rings. The third-order valence-corrected chi connectivity index (χ3v) is 16.1. The number of hydrogen-bond donors (Lipinski definition) is 7. The summed E-state index contributed by atoms with van der Waals surface area (Å²) in [5.74, 6) is 0.0571. The van der Waals surface area contributed by atoms with Crippen LogP contribution in [-0.4, -0.2) is 61.4 Å². The Balaban J connectivity index is 0.929. The minimum Gasteiger partial charge on any atom is -0.507 e. The minimum atomic E-state index is -0.493. The fourth-order valence-corrected chi connectivity index (χ4v) is 13.8. The second-order valence-electron chi connectivity index (χ2n) is 18.4. The van der Waals surface area contributed by atoms with Gasteiger partial charge in [-0.25, -0.2) is 0 Å². The zero-order valence-corrected chi connectivity index (χ0v) is 33.5. The zero-order valence-electron chi connectivity index (χ0n) is 33.5. The number of phenols is 5. The molecule has 9 nitrogen and oxygen atoms in total. The Morgan fingerprint density at radius 2 is 1.58 bits per heavy atom. The standard InChI is InChI=1S/C50H55N3O6/c54-38-19-14-31(26-41(38)57)13-17-35-36-6-1-7-39(55)44(36)46(59)45(58)37(35)18-12-30-8-10-32(11-9-30)27-52-42-21-16-34-5-3-23-49(34)25-24-48-22-2-4-33(48)15-20-40(56)47(48)50(42,49)43-28-51-29-53-43/h1,6-11,13-15,17,19-20,26,28,33-34,40,42,47,52,54-59H,2-5,12,16,18,21-25,27,29H2/t33-,34-,40-,42-,47-,48-,49+,50+/m0/s1. The maximum absolute atomic E-state index is 12.2. The summed E-state index contributed by atoms with van der Waals surface area (Å²) in [7, 11) is 0. The first-order valence-electron chi connectivity index (χ1n) is 21.8. The Morgan fingerprint density at radius 3 is 2.39 bits per heavy atom. The van der Waals surface area contributed by atoms with Gasteiger partial charge in [-0.1, -0.05) is 79.6 Å². The predicted octanol–water partition coefficient (Wildman–Crippen LogP) is 8.96. The third-order valence-electron chi connectivity index (χ3n) is 16.1. The summed E-state index contributed by atoms with van der Waals surface area (Å²) >= 11 is 0. The molecule has 59 heavy (non-hydrogen) atoms. The van der Waals surface area contributed by atoms with Gasteiger partial charge in [-0.2, -0.15) is 0 Å². The van der Waals surface area contributed by atoms with E-state index in [1.54, 1.807) is 30.4 Å². The van der Waals surface area contributed by atoms with Crippen LogP contribution < -0.4 is 5.32 Å². The van der Waals surface area contributed by atoms with Gasteiger partial charge >= 0.3 is 0 Å². The van der Waals surface area contributed by atoms with Crippen LogP contribution >= 0.6 is 0 Å². The van der Waals surface area contributed by atoms with Crippen molar-refractivity contribution in [3.63, 3.8) is 0 Å². The number of aliphatic hydroxyl groups excluding tert-OH is 1. The summed E-state index contributed by atoms with van der Waals surface area (Å²) in [4.78, 5) is 9.94. The van der Waals surface area contributed by atoms with Crippen LogP contribution in [0, 0.1) is 34.0 Å². The highest BCUT2D eigenvalue weighted by Crippen LogP contribution is 2.76. The molecule has 0 radical (unpaired) electrons. The van der Waals surface area contributed by atoms with E-state index >= 15 is 0 Å². The molecule has 8 atom stereocenters. The van der Waals surface area contributed by atoms with Crippen LogP contribution in [0.4, 0.5) is 0 Å². The minimum absolute atomic E-state index is 0.102. The van der Waals surface area contributed by atoms with E-state index in [9.17, 15) is 30.6 Å². The van der Waals surface area contributed by atoms with Gasteiger partial charge in [0.1, 0.15) is 12.4 Å². The topological polar surface area (TPSA) is 158 Å². The van der Waals surface area contributed by atoms with Crippen LogP contribution in [0.5, 0.6) is 28.7 Å². The number of benzene rings is 4. The van der Waals surface area contributed by atoms with Crippen molar-refractivity contribution < 1.29 is 30.6 Å². The molecule has 0 aromatic heterocycles. The summed E-state index contributed by atoms with van der Waals surface area (Å²) in [6, 6.07) is 18.3. The van der Waals surface area contributed by atoms with E-state index in [-0.39, 0.29) is 62.3 Å². The molecule has 1 aliphatic heterocycles. The smallest absolute Gasteiger partial charge is 0.169 e. The molecule has 0 unspecified atom stereocenters. The molecule has 4 aromatic carbocycles. The van der Waals surface area contributed by atoms with Gasteiger partial charge in [-0.15, -0.1) is 0 Å². The third kappa shape index (κ3) is 5.78. The van der Waals surface area contributed by atoms with E-state index < -0.39 is 6.10 Å². The summed E-state index contributed by atoms with van der Waals surface area (Å²) in [6.07, 6.45) is 22.7. The lowest BCUT2D eigenvalue weighted by Crippen LogP contribution is -2.74. The number of rotatable bonds is 9. The van der Waals surface area contributed by atoms with Crippen molar-refractivity contribution in [3.05, 3.63) is 101 Å². The zero-order chi connectivity index (χ0) is 40.5. The SMILES string of the molecule is Oc1ccc(C=Cc2c(CCc3ccc(CN[C@H]4CC[C@@H]5CCC[C@@]56CC[C@@]57CCC[C@H]5C=C[C@H](O)[C@@H]7[C@]46C4=NCN=C4)cc3)c(O)c(O)c3c(O)cccc23)cc1O. The largest absolute Gasteiger partial charge is 0.507 e. The number of phenolic OH excluding ortho intramolecular Hbond substituents is 5. The molecule has 306 valence electrons. The summed E-state index contributed by atoms with van der Waals surface area (Å²) < 4.78 is 0. The highest BCUT2D eigenvalue weighted by atomic mass is 16.3. The Hall–Kier alpha value is -5.12. The van der Waals surface area contributed by atoms with Crippen LogP contribution in [0.2, 0.25) is 0 Å². The lowest BCUT2D eigenvalue weighted by Gasteiger charge is -2.71. The van der Waals surface area contributed by atoms with Crippen molar-refractivity contribution in [1.82, 2.24) is 5.32 Å². The van der Waals surface area contributed by atoms with Crippen molar-refractivity contribution >= 4 is 34.9 Å². The molecule has 5 aliphatic carbocycles. The van der Waals surface area contributed by atoms with Gasteiger partial charge in [0.25, 0.3) is 0 Å². The lowest BCUT2D eigenvalue weighted by atomic mass is 9.34. The van der Waals surface area contributed by atoms with Crippen LogP contribution in [0.25, 0.3) is 22.9 Å². The molecule has 4 fully saturated rings. The number of aliphatic imine (C=N–C) groups is 2. The van der Waals surface area contributed by atoms with E-state index in [0.717, 1.165) is 17.7 Å². The van der Waals surface area contributed by atoms with Crippen LogP contribution in [-0.2, 0) is 19.4 Å². The monoisotopic (exact) mass is 793 g/mol. The fraction of sp³-hybridized carbons (Fsp3) is 0.440. The molecule has 4 saturated carbocycles. The van der Waals surface area contributed by atoms with E-state index in [0.29, 0.717) is 60.0 Å². The van der Waals surface area contributed by atoms with Gasteiger partial charge in [0.2, 0.25) is 0 Å². The average molecular weight is 794 g/mol. The molecule has 9 heteroatoms. The normalized spacial score (nSPS) is 31.9. The van der Waals surface area contributed by atoms with Crippen molar-refractivity contribution in [2.24, 2.45) is 44.0 Å². The van der Waals surface area contributed by atoms with Crippen molar-refractivity contribution in [2.75, 3.05) is 6.67 Å². The number of allylic oxidation sites excluding steroid dienone is 1. The quantitative estimate of drug-likeness (QED) is 0.0507. The predicted molar refractivity (Wildman–Crippen MR) is 232 cm³/mol. The molecule has 10 rings (SSSR count). The molecular weight excluding hydrogens is 739 g/mol. The Labute approximate surface area is 345 Å². The number of aromatic hydroxyl groups is 5. The maximum atomic E-state index is 12.2. The Morgan fingerprint density at radius 1 is 0.746 bits per heavy atom. The first-order chi connectivity index (χ1) is 28.7. The summed E-state index contributed by atoms with van der Waals surface area (Å²) in [5.41, 5.74) is 5.17. The summed E-state index contributed by atoms with van der Waals surface area (Å²) in [6.45, 7) is 1.19. The molecule has 0 bridgehead atoms. The van der Waals surface area contributed by atoms with Gasteiger partial charge < -0.3 is 36.0 Å². The van der Waals surface area contributed by atoms with Gasteiger partial charge in [-0.05, 0) is 133 Å². The van der Waals surface area contributed by atoms with Gasteiger partial charge in [0.05, 0.1) is 17.2 Å². The van der Waals surface area contributed by atoms with Crippen LogP contribution in [0.1, 0.15) is 92.0 Å². The molecule has 1 heterocycles. The summed E-state index contributed by atoms with van der Waals surface area (Å²) in [5, 5.41) is 70.2. The number of nitrogens with zero attached hydrogens (tertiary/aromatic N) is 2. The number of aliphatic hydroxyl groups is 1. The van der Waals surface area contributed by atoms with Crippen molar-refractivity contribution in [2.45, 2.75) is 95.7 Å². The molecule has 2 spiro atoms. The molecule has 6 aliphatic rings. The van der Waals surface area contributed by atoms with Crippen molar-refractivity contribution in [3.8, 4) is 28.7 Å². The number of hydrogen-bond acceptors (Lipinski definition) is 9. The van der Waals surface area contributed by atoms with E-state index in [4.69, 9.17) is 9.98 Å². The van der Waals surface area contributed by atoms with E-state index in [1.165, 1.54) is 81.5 Å². The number of aryl methyl sites for hydroxylation is 1. The first kappa shape index (κ1) is 38.1. The average Bonchev–Trinajstić information content (AvgIpc) is 4.03. The van der Waals surface area contributed by atoms with Gasteiger partial charge in [0, 0.05) is 35.7 Å². The Bertz CT molecular complexity index is 2420.